The maximum absolute atomic E-state index is 12.3. The van der Waals surface area contributed by atoms with Crippen molar-refractivity contribution in [1.29, 1.82) is 0 Å². The molecule has 112 valence electrons. The van der Waals surface area contributed by atoms with Gasteiger partial charge in [0.25, 0.3) is 0 Å². The molecule has 0 radical (unpaired) electrons. The molecule has 2 rings (SSSR count). The Bertz CT molecular complexity index is 537. The minimum absolute atomic E-state index is 0.224. The van der Waals surface area contributed by atoms with E-state index in [-0.39, 0.29) is 17.6 Å². The number of ether oxygens (including phenoxy) is 1. The van der Waals surface area contributed by atoms with Crippen LogP contribution in [0.15, 0.2) is 9.95 Å². The predicted octanol–water partition coefficient (Wildman–Crippen LogP) is 0.132. The van der Waals surface area contributed by atoms with E-state index in [1.807, 2.05) is 0 Å². The number of esters is 1. The maximum Gasteiger partial charge on any atom is 0.343 e. The lowest BCUT2D eigenvalue weighted by Crippen LogP contribution is -2.55. The van der Waals surface area contributed by atoms with Gasteiger partial charge in [-0.3, -0.25) is 9.36 Å². The second kappa shape index (κ2) is 6.01. The lowest BCUT2D eigenvalue weighted by atomic mass is 9.96. The number of likely N-dealkylation sites (N-methyl/N-ethyl adjacent to an activating group) is 1. The lowest BCUT2D eigenvalue weighted by molar-refractivity contribution is -0.150. The molecule has 20 heavy (non-hydrogen) atoms. The number of carbonyl (C=O) groups excluding carboxylic acids is 1. The molecule has 0 bridgehead atoms. The first-order valence-corrected chi connectivity index (χ1v) is 7.64. The van der Waals surface area contributed by atoms with E-state index < -0.39 is 5.54 Å². The van der Waals surface area contributed by atoms with E-state index in [0.29, 0.717) is 17.5 Å². The van der Waals surface area contributed by atoms with Crippen LogP contribution in [0.25, 0.3) is 0 Å². The lowest BCUT2D eigenvalue weighted by Gasteiger charge is -2.30. The maximum atomic E-state index is 12.3. The quantitative estimate of drug-likeness (QED) is 0.550. The van der Waals surface area contributed by atoms with Crippen LogP contribution in [-0.2, 0) is 16.6 Å². The molecule has 1 aromatic heterocycles. The van der Waals surface area contributed by atoms with Gasteiger partial charge >= 0.3 is 11.7 Å². The van der Waals surface area contributed by atoms with Crippen LogP contribution in [0.3, 0.4) is 0 Å². The number of H-pyrrole nitrogens is 1. The number of carbonyl (C=O) groups is 1. The molecule has 1 heterocycles. The molecule has 1 saturated carbocycles. The zero-order chi connectivity index (χ0) is 14.8. The summed E-state index contributed by atoms with van der Waals surface area (Å²) in [6.45, 7) is 2.16. The van der Waals surface area contributed by atoms with Crippen molar-refractivity contribution < 1.29 is 9.53 Å². The molecular formula is C12H20N4O3S. The van der Waals surface area contributed by atoms with Crippen molar-refractivity contribution in [1.82, 2.24) is 20.1 Å². The number of nitrogens with zero attached hydrogens (tertiary/aromatic N) is 2. The van der Waals surface area contributed by atoms with Crippen molar-refractivity contribution in [2.45, 2.75) is 30.5 Å². The normalized spacial score (nSPS) is 17.8. The highest BCUT2D eigenvalue weighted by Crippen LogP contribution is 2.42. The average Bonchev–Trinajstić information content (AvgIpc) is 3.22. The van der Waals surface area contributed by atoms with E-state index in [1.165, 1.54) is 16.3 Å². The van der Waals surface area contributed by atoms with Crippen molar-refractivity contribution >= 4 is 17.7 Å². The molecule has 1 aliphatic carbocycles. The minimum atomic E-state index is -0.699. The molecule has 1 unspecified atom stereocenters. The van der Waals surface area contributed by atoms with Crippen molar-refractivity contribution in [2.75, 3.05) is 19.4 Å². The van der Waals surface area contributed by atoms with Crippen LogP contribution in [0.2, 0.25) is 0 Å². The second-order valence-electron chi connectivity index (χ2n) is 4.88. The van der Waals surface area contributed by atoms with Crippen LogP contribution in [0.5, 0.6) is 0 Å². The van der Waals surface area contributed by atoms with Gasteiger partial charge in [0, 0.05) is 12.8 Å². The number of hydrogen-bond donors (Lipinski definition) is 2. The summed E-state index contributed by atoms with van der Waals surface area (Å²) < 4.78 is 6.65. The summed E-state index contributed by atoms with van der Waals surface area (Å²) >= 11 is 1.38. The standard InChI is InChI=1S/C12H20N4O3S/c1-4-19-9(17)12(13-2,8-5-6-8)7-20-11-15-14-10(18)16(11)3/h8,13H,4-7H2,1-3H3,(H,14,18). The molecule has 8 heteroatoms. The van der Waals surface area contributed by atoms with E-state index in [0.717, 1.165) is 12.8 Å². The number of nitrogens with one attached hydrogen (secondary N) is 2. The average molecular weight is 300 g/mol. The summed E-state index contributed by atoms with van der Waals surface area (Å²) in [5.74, 6) is 0.554. The van der Waals surface area contributed by atoms with Gasteiger partial charge in [-0.2, -0.15) is 0 Å². The van der Waals surface area contributed by atoms with Gasteiger partial charge in [0.05, 0.1) is 6.61 Å². The summed E-state index contributed by atoms with van der Waals surface area (Å²) in [6, 6.07) is 0. The monoisotopic (exact) mass is 300 g/mol. The fourth-order valence-corrected chi connectivity index (χ4v) is 3.44. The first-order valence-electron chi connectivity index (χ1n) is 6.65. The Kier molecular flexibility index (Phi) is 4.54. The molecule has 0 saturated heterocycles. The highest BCUT2D eigenvalue weighted by molar-refractivity contribution is 7.99. The van der Waals surface area contributed by atoms with Gasteiger partial charge in [-0.15, -0.1) is 5.10 Å². The van der Waals surface area contributed by atoms with Crippen molar-refractivity contribution in [3.05, 3.63) is 10.5 Å². The Balaban J connectivity index is 2.14. The first-order chi connectivity index (χ1) is 9.55. The molecule has 1 fully saturated rings. The van der Waals surface area contributed by atoms with Gasteiger partial charge in [0.15, 0.2) is 5.16 Å². The third kappa shape index (κ3) is 2.76. The molecular weight excluding hydrogens is 280 g/mol. The molecule has 0 spiro atoms. The highest BCUT2D eigenvalue weighted by Gasteiger charge is 2.51. The van der Waals surface area contributed by atoms with Crippen molar-refractivity contribution in [3.63, 3.8) is 0 Å². The number of thioether (sulfide) groups is 1. The van der Waals surface area contributed by atoms with Crippen LogP contribution in [0.1, 0.15) is 19.8 Å². The molecule has 1 aliphatic rings. The van der Waals surface area contributed by atoms with Gasteiger partial charge in [-0.05, 0) is 32.7 Å². The molecule has 0 amide bonds. The van der Waals surface area contributed by atoms with Crippen LogP contribution in [0.4, 0.5) is 0 Å². The smallest absolute Gasteiger partial charge is 0.343 e. The number of rotatable bonds is 7. The van der Waals surface area contributed by atoms with Crippen LogP contribution in [0, 0.1) is 5.92 Å². The van der Waals surface area contributed by atoms with Gasteiger partial charge in [-0.25, -0.2) is 9.89 Å². The fourth-order valence-electron chi connectivity index (χ4n) is 2.20. The van der Waals surface area contributed by atoms with Gasteiger partial charge < -0.3 is 10.1 Å². The molecule has 1 aromatic rings. The first kappa shape index (κ1) is 15.1. The topological polar surface area (TPSA) is 89.0 Å². The van der Waals surface area contributed by atoms with Gasteiger partial charge in [0.1, 0.15) is 5.54 Å². The van der Waals surface area contributed by atoms with Crippen LogP contribution < -0.4 is 11.0 Å². The molecule has 0 aromatic carbocycles. The molecule has 2 N–H and O–H groups in total. The van der Waals surface area contributed by atoms with Crippen molar-refractivity contribution in [3.8, 4) is 0 Å². The second-order valence-corrected chi connectivity index (χ2v) is 5.82. The Morgan fingerprint density at radius 2 is 2.35 bits per heavy atom. The van der Waals surface area contributed by atoms with E-state index in [2.05, 4.69) is 15.5 Å². The van der Waals surface area contributed by atoms with E-state index in [1.54, 1.807) is 21.0 Å². The van der Waals surface area contributed by atoms with Crippen molar-refractivity contribution in [2.24, 2.45) is 13.0 Å². The van der Waals surface area contributed by atoms with Crippen LogP contribution in [-0.4, -0.2) is 45.7 Å². The Morgan fingerprint density at radius 3 is 2.80 bits per heavy atom. The highest BCUT2D eigenvalue weighted by atomic mass is 32.2. The summed E-state index contributed by atoms with van der Waals surface area (Å²) in [6.07, 6.45) is 2.03. The Hall–Kier alpha value is -1.28. The predicted molar refractivity (Wildman–Crippen MR) is 75.7 cm³/mol. The molecule has 7 nitrogen and oxygen atoms in total. The van der Waals surface area contributed by atoms with Gasteiger partial charge in [-0.1, -0.05) is 11.8 Å². The Morgan fingerprint density at radius 1 is 1.65 bits per heavy atom. The van der Waals surface area contributed by atoms with E-state index in [4.69, 9.17) is 4.74 Å². The van der Waals surface area contributed by atoms with E-state index in [9.17, 15) is 9.59 Å². The molecule has 0 aliphatic heterocycles. The zero-order valence-corrected chi connectivity index (χ0v) is 12.7. The summed E-state index contributed by atoms with van der Waals surface area (Å²) in [4.78, 5) is 23.6. The summed E-state index contributed by atoms with van der Waals surface area (Å²) in [7, 11) is 3.43. The summed E-state index contributed by atoms with van der Waals surface area (Å²) in [5.41, 5.74) is -0.958. The fraction of sp³-hybridized carbons (Fsp3) is 0.750. The Labute approximate surface area is 121 Å². The van der Waals surface area contributed by atoms with Gasteiger partial charge in [0.2, 0.25) is 0 Å². The number of aromatic nitrogens is 3. The van der Waals surface area contributed by atoms with Crippen LogP contribution >= 0.6 is 11.8 Å². The SMILES string of the molecule is CCOC(=O)C(CSc1n[nH]c(=O)n1C)(NC)C1CC1. The third-order valence-electron chi connectivity index (χ3n) is 3.63. The van der Waals surface area contributed by atoms with E-state index >= 15 is 0 Å². The minimum Gasteiger partial charge on any atom is -0.465 e. The summed E-state index contributed by atoms with van der Waals surface area (Å²) in [5, 5.41) is 10.0. The largest absolute Gasteiger partial charge is 0.465 e. The number of hydrogen-bond acceptors (Lipinski definition) is 6. The zero-order valence-electron chi connectivity index (χ0n) is 11.9. The number of aromatic amines is 1. The third-order valence-corrected chi connectivity index (χ3v) is 4.85. The molecule has 1 atom stereocenters.